The number of aromatic nitrogens is 4. The molecule has 7 heteroatoms. The van der Waals surface area contributed by atoms with Crippen molar-refractivity contribution in [2.24, 2.45) is 0 Å². The number of aryl methyl sites for hydroxylation is 9. The molecule has 2 aliphatic heterocycles. The molecular formula is C63H62N4Si2Zn. The molecule has 0 radical (unpaired) electrons. The predicted octanol–water partition coefficient (Wildman–Crippen LogP) is 15.8. The van der Waals surface area contributed by atoms with Gasteiger partial charge in [-0.2, -0.15) is 0 Å². The van der Waals surface area contributed by atoms with E-state index in [1.54, 1.807) is 0 Å². The van der Waals surface area contributed by atoms with Crippen molar-refractivity contribution in [1.29, 1.82) is 0 Å². The molecule has 0 aliphatic carbocycles. The minimum Gasteiger partial charge on any atom is -0.657 e. The molecule has 70 heavy (non-hydrogen) atoms. The third-order valence-electron chi connectivity index (χ3n) is 12.8. The van der Waals surface area contributed by atoms with E-state index in [1.165, 1.54) is 50.1 Å². The summed E-state index contributed by atoms with van der Waals surface area (Å²) in [5.74, 6) is 7.39. The van der Waals surface area contributed by atoms with Crippen molar-refractivity contribution in [3.63, 3.8) is 0 Å². The van der Waals surface area contributed by atoms with Gasteiger partial charge in [0.05, 0.1) is 22.8 Å². The monoisotopic (exact) mass is 994 g/mol. The second kappa shape index (κ2) is 19.1. The average molecular weight is 997 g/mol. The molecule has 0 atom stereocenters. The number of nitrogens with zero attached hydrogens (tertiary/aromatic N) is 4. The van der Waals surface area contributed by atoms with Crippen LogP contribution in [0.3, 0.4) is 0 Å². The first-order chi connectivity index (χ1) is 32.6. The largest absolute Gasteiger partial charge is 2.00 e. The van der Waals surface area contributed by atoms with E-state index in [2.05, 4.69) is 228 Å². The molecule has 4 nitrogen and oxygen atoms in total. The quantitative estimate of drug-likeness (QED) is 0.130. The molecule has 2 aliphatic rings. The molecule has 0 saturated heterocycles. The maximum absolute atomic E-state index is 5.71. The Morgan fingerprint density at radius 2 is 0.614 bits per heavy atom. The Morgan fingerprint density at radius 3 is 0.871 bits per heavy atom. The summed E-state index contributed by atoms with van der Waals surface area (Å²) >= 11 is 0. The second-order valence-corrected chi connectivity index (χ2v) is 30.9. The predicted molar refractivity (Wildman–Crippen MR) is 302 cm³/mol. The molecule has 3 aromatic heterocycles. The standard InChI is InChI=1S/C63H62N4Si2.Zn/c1-37-31-40(4)56(41(5)32-37)60-48-19-21-50(64-48)61(57-42(6)33-38(2)34-43(57)7)52-23-25-54(66-52)63(59-46(27-29-68(10,11)12)17-16-18-47(59)28-30-69(13,14)15)55-26-24-53(67-55)62(51-22-20-49(60)65-51)58-44(8)35-39(3)36-45(58)9;/h16-26,31-36H,1-15H3;/q-2;+2. The third kappa shape index (κ3) is 9.86. The van der Waals surface area contributed by atoms with Gasteiger partial charge >= 0.3 is 19.5 Å². The fourth-order valence-electron chi connectivity index (χ4n) is 10.4. The van der Waals surface area contributed by atoms with E-state index >= 15 is 0 Å². The maximum atomic E-state index is 5.71. The second-order valence-electron chi connectivity index (χ2n) is 21.4. The van der Waals surface area contributed by atoms with Crippen molar-refractivity contribution in [3.05, 3.63) is 163 Å². The number of benzene rings is 4. The Balaban J connectivity index is 0.00000659. The van der Waals surface area contributed by atoms with Crippen LogP contribution in [0.5, 0.6) is 0 Å². The summed E-state index contributed by atoms with van der Waals surface area (Å²) in [5.41, 5.74) is 35.0. The van der Waals surface area contributed by atoms with Crippen LogP contribution in [0.25, 0.3) is 90.9 Å². The first-order valence-electron chi connectivity index (χ1n) is 24.1. The summed E-state index contributed by atoms with van der Waals surface area (Å²) in [6.07, 6.45) is 8.69. The van der Waals surface area contributed by atoms with Gasteiger partial charge in [0, 0.05) is 16.7 Å². The summed E-state index contributed by atoms with van der Waals surface area (Å²) in [5, 5.41) is 0. The molecule has 7 aromatic rings. The van der Waals surface area contributed by atoms with Crippen LogP contribution in [-0.4, -0.2) is 26.1 Å². The zero-order valence-corrected chi connectivity index (χ0v) is 48.8. The van der Waals surface area contributed by atoms with Gasteiger partial charge in [-0.15, -0.1) is 33.2 Å². The Hall–Kier alpha value is -6.34. The van der Waals surface area contributed by atoms with Crippen molar-refractivity contribution >= 4 is 62.5 Å². The summed E-state index contributed by atoms with van der Waals surface area (Å²) in [6.45, 7) is 33.5. The molecule has 0 spiro atoms. The zero-order valence-electron chi connectivity index (χ0n) is 43.8. The van der Waals surface area contributed by atoms with Gasteiger partial charge in [0.25, 0.3) is 0 Å². The van der Waals surface area contributed by atoms with Crippen molar-refractivity contribution in [2.75, 3.05) is 0 Å². The topological polar surface area (TPSA) is 54.0 Å². The normalized spacial score (nSPS) is 12.0. The van der Waals surface area contributed by atoms with E-state index in [-0.39, 0.29) is 19.5 Å². The fraction of sp³-hybridized carbons (Fsp3) is 0.238. The number of rotatable bonds is 4. The van der Waals surface area contributed by atoms with Crippen LogP contribution in [0.1, 0.15) is 84.0 Å². The van der Waals surface area contributed by atoms with E-state index in [4.69, 9.17) is 19.9 Å². The molecule has 5 heterocycles. The van der Waals surface area contributed by atoms with Crippen LogP contribution in [-0.2, 0) is 19.5 Å². The minimum atomic E-state index is -1.80. The van der Waals surface area contributed by atoms with Gasteiger partial charge < -0.3 is 9.97 Å². The number of hydrogen-bond acceptors (Lipinski definition) is 2. The molecule has 344 valence electrons. The number of fused-ring (bicyclic) bond motifs is 8. The minimum absolute atomic E-state index is 0. The van der Waals surface area contributed by atoms with Gasteiger partial charge in [0.15, 0.2) is 0 Å². The smallest absolute Gasteiger partial charge is 0.657 e. The van der Waals surface area contributed by atoms with E-state index in [0.717, 1.165) is 100 Å². The first kappa shape index (κ1) is 50.1. The van der Waals surface area contributed by atoms with E-state index in [0.29, 0.717) is 0 Å². The summed E-state index contributed by atoms with van der Waals surface area (Å²) in [6, 6.07) is 28.7. The first-order valence-corrected chi connectivity index (χ1v) is 31.1. The maximum Gasteiger partial charge on any atom is 2.00 e. The van der Waals surface area contributed by atoms with E-state index in [9.17, 15) is 0 Å². The Labute approximate surface area is 431 Å². The van der Waals surface area contributed by atoms with E-state index < -0.39 is 16.1 Å². The molecule has 9 rings (SSSR count). The van der Waals surface area contributed by atoms with Crippen LogP contribution in [0, 0.1) is 85.2 Å². The van der Waals surface area contributed by atoms with Crippen LogP contribution in [0.2, 0.25) is 39.3 Å². The Bertz CT molecular complexity index is 3510. The van der Waals surface area contributed by atoms with Gasteiger partial charge in [0.1, 0.15) is 16.1 Å². The molecule has 8 bridgehead atoms. The summed E-state index contributed by atoms with van der Waals surface area (Å²) < 4.78 is 0. The van der Waals surface area contributed by atoms with Gasteiger partial charge in [-0.25, -0.2) is 9.97 Å². The molecule has 4 aromatic carbocycles. The van der Waals surface area contributed by atoms with Crippen LogP contribution in [0.15, 0.2) is 78.9 Å². The Kier molecular flexibility index (Phi) is 13.7. The van der Waals surface area contributed by atoms with Crippen LogP contribution in [0.4, 0.5) is 0 Å². The van der Waals surface area contributed by atoms with Gasteiger partial charge in [-0.05, 0) is 171 Å². The van der Waals surface area contributed by atoms with Gasteiger partial charge in [0.2, 0.25) is 0 Å². The summed E-state index contributed by atoms with van der Waals surface area (Å²) in [7, 11) is -3.60. The summed E-state index contributed by atoms with van der Waals surface area (Å²) in [4.78, 5) is 22.7. The van der Waals surface area contributed by atoms with Crippen molar-refractivity contribution in [3.8, 4) is 67.4 Å². The third-order valence-corrected chi connectivity index (χ3v) is 14.6. The van der Waals surface area contributed by atoms with Crippen LogP contribution >= 0.6 is 0 Å². The SMILES string of the molecule is Cc1cc(C)c(-c2c3nc(c(-c4c(C)cc(C)cc4C)c4ccc([n-]4)c(-c4c(C#C[Si](C)(C)C)cccc4C#C[Si](C)(C)C)c4nc(c(-c5c(C)cc(C)cc5C)c5ccc2[n-]5)C=C4)C=C3)c(C)c1.[Zn+2]. The average Bonchev–Trinajstić information content (AvgIpc) is 4.09. The van der Waals surface area contributed by atoms with Crippen molar-refractivity contribution in [1.82, 2.24) is 19.9 Å². The zero-order chi connectivity index (χ0) is 49.3. The van der Waals surface area contributed by atoms with E-state index in [1.807, 2.05) is 0 Å². The molecule has 0 N–H and O–H groups in total. The Morgan fingerprint density at radius 1 is 0.357 bits per heavy atom. The molecule has 0 saturated carbocycles. The van der Waals surface area contributed by atoms with Crippen LogP contribution < -0.4 is 9.97 Å². The molecular weight excluding hydrogens is 934 g/mol. The fourth-order valence-corrected chi connectivity index (χ4v) is 11.4. The van der Waals surface area contributed by atoms with Gasteiger partial charge in [-0.1, -0.05) is 135 Å². The van der Waals surface area contributed by atoms with Crippen molar-refractivity contribution in [2.45, 2.75) is 102 Å². The number of hydrogen-bond donors (Lipinski definition) is 0. The van der Waals surface area contributed by atoms with Gasteiger partial charge in [-0.3, -0.25) is 0 Å². The molecule has 0 amide bonds. The molecule has 0 fully saturated rings. The molecule has 0 unspecified atom stereocenters. The van der Waals surface area contributed by atoms with Crippen molar-refractivity contribution < 1.29 is 19.5 Å².